The van der Waals surface area contributed by atoms with Crippen molar-refractivity contribution in [3.63, 3.8) is 0 Å². The van der Waals surface area contributed by atoms with E-state index in [1.54, 1.807) is 19.6 Å². The molecule has 13 saturated heterocycles. The second-order valence-corrected chi connectivity index (χ2v) is 37.4. The molecule has 0 aromatic heterocycles. The van der Waals surface area contributed by atoms with Gasteiger partial charge in [0.05, 0.1) is 50.5 Å². The first-order valence-corrected chi connectivity index (χ1v) is 45.9. The number of carbonyl (C=O) groups excluding carboxylic acids is 10. The predicted molar refractivity (Wildman–Crippen MR) is 447 cm³/mol. The highest BCUT2D eigenvalue weighted by Crippen LogP contribution is 2.43. The number of nitrogens with zero attached hydrogens (tertiary/aromatic N) is 16. The summed E-state index contributed by atoms with van der Waals surface area (Å²) in [6.07, 6.45) is 30.4. The number of likely N-dealkylation sites (tertiary alicyclic amines) is 12. The fourth-order valence-electron chi connectivity index (χ4n) is 23.1. The lowest BCUT2D eigenvalue weighted by Crippen LogP contribution is -2.45. The molecule has 31 nitrogen and oxygen atoms in total. The SMILES string of the molecule is Cl.N#C[C@@H]1CCCN1C(=O)CN.N#C[C@@H]1CCCN1C(=O)CNC1C[C@@H]2CN(C(=O)N3CCCCC3)C[C@@H]2C1.N#C[C@@H]1CCCN1C(=O)CNC1C[C@@H]2CN(C(=O)N3CCCCC3)C[C@@H]2C1.N#C[C@@H]1CCCN1C(=O)CNC1C[C@@H]2CN(C(=O)N3CCCCC3)C[C@@H]2C1.O=C1C[C@@H]2CN(C(=O)N3CCCCC3)C[C@@H]2C1.O=C1C[C@H]2CNC[C@H]2C1. The van der Waals surface area contributed by atoms with E-state index in [4.69, 9.17) is 26.8 Å². The highest BCUT2D eigenvalue weighted by atomic mass is 35.5. The molecule has 119 heavy (non-hydrogen) atoms. The van der Waals surface area contributed by atoms with E-state index in [-0.39, 0.29) is 90.9 Å². The number of halogens is 1. The Labute approximate surface area is 711 Å². The first-order chi connectivity index (χ1) is 57.3. The van der Waals surface area contributed by atoms with Gasteiger partial charge in [0, 0.05) is 175 Å². The van der Waals surface area contributed by atoms with E-state index in [9.17, 15) is 47.9 Å². The summed E-state index contributed by atoms with van der Waals surface area (Å²) in [5.41, 5.74) is 5.17. The van der Waals surface area contributed by atoms with E-state index in [0.29, 0.717) is 148 Å². The first kappa shape index (κ1) is 90.6. The maximum atomic E-state index is 12.7. The molecule has 0 radical (unpaired) electrons. The van der Waals surface area contributed by atoms with Crippen molar-refractivity contribution in [3.05, 3.63) is 0 Å². The Kier molecular flexibility index (Phi) is 33.4. The molecule has 5 saturated carbocycles. The fraction of sp³-hybridized carbons (Fsp3) is 0.839. The molecule has 18 fully saturated rings. The predicted octanol–water partition coefficient (Wildman–Crippen LogP) is 5.79. The number of hydrogen-bond donors (Lipinski definition) is 5. The van der Waals surface area contributed by atoms with E-state index < -0.39 is 0 Å². The molecular formula is C87H136ClN21O10. The summed E-state index contributed by atoms with van der Waals surface area (Å²) in [6, 6.07) is 9.84. The van der Waals surface area contributed by atoms with Gasteiger partial charge in [-0.1, -0.05) is 0 Å². The number of nitriles is 4. The van der Waals surface area contributed by atoms with Gasteiger partial charge in [-0.15, -0.1) is 12.4 Å². The first-order valence-electron chi connectivity index (χ1n) is 45.9. The van der Waals surface area contributed by atoms with Crippen molar-refractivity contribution >= 4 is 71.7 Å². The molecule has 3 unspecified atom stereocenters. The molecule has 656 valence electrons. The summed E-state index contributed by atoms with van der Waals surface area (Å²) in [4.78, 5) is 144. The molecule has 18 rings (SSSR count). The number of hydrogen-bond acceptors (Lipinski definition) is 19. The number of urea groups is 4. The maximum Gasteiger partial charge on any atom is 0.320 e. The lowest BCUT2D eigenvalue weighted by molar-refractivity contribution is -0.131. The van der Waals surface area contributed by atoms with Gasteiger partial charge < -0.3 is 85.8 Å². The molecule has 18 aliphatic rings. The van der Waals surface area contributed by atoms with Gasteiger partial charge in [0.25, 0.3) is 0 Å². The minimum absolute atomic E-state index is 0. The number of piperidine rings is 4. The third-order valence-corrected chi connectivity index (χ3v) is 29.5. The van der Waals surface area contributed by atoms with Crippen LogP contribution in [0.4, 0.5) is 19.2 Å². The molecule has 17 atom stereocenters. The van der Waals surface area contributed by atoms with E-state index in [0.717, 1.165) is 272 Å². The smallest absolute Gasteiger partial charge is 0.320 e. The van der Waals surface area contributed by atoms with Gasteiger partial charge >= 0.3 is 24.1 Å². The van der Waals surface area contributed by atoms with Crippen LogP contribution < -0.4 is 27.0 Å². The minimum Gasteiger partial charge on any atom is -0.326 e. The highest BCUT2D eigenvalue weighted by Gasteiger charge is 2.49. The molecule has 6 N–H and O–H groups in total. The fourth-order valence-corrected chi connectivity index (χ4v) is 23.1. The van der Waals surface area contributed by atoms with Gasteiger partial charge in [-0.3, -0.25) is 28.8 Å². The summed E-state index contributed by atoms with van der Waals surface area (Å²) >= 11 is 0. The summed E-state index contributed by atoms with van der Waals surface area (Å²) < 4.78 is 0. The molecule has 0 spiro atoms. The molecule has 12 amide bonds. The number of rotatable bonds is 10. The monoisotopic (exact) mass is 1670 g/mol. The number of carbonyl (C=O) groups is 10. The summed E-state index contributed by atoms with van der Waals surface area (Å²) in [5, 5.41) is 49.6. The third-order valence-electron chi connectivity index (χ3n) is 29.5. The number of nitrogens with one attached hydrogen (secondary N) is 4. The van der Waals surface area contributed by atoms with Crippen LogP contribution in [0.2, 0.25) is 0 Å². The van der Waals surface area contributed by atoms with Crippen molar-refractivity contribution in [2.75, 3.05) is 170 Å². The lowest BCUT2D eigenvalue weighted by atomic mass is 10.0. The van der Waals surface area contributed by atoms with E-state index in [1.165, 1.54) is 25.7 Å². The normalized spacial score (nSPS) is 32.6. The zero-order valence-corrected chi connectivity index (χ0v) is 71.5. The standard InChI is InChI=1S/3C20H31N5O2.C13H20N2O2.C7H11N3O.C7H11NO.ClH/c3*21-11-18-5-4-8-25(18)19(26)12-22-17-9-15-13-24(14-16(15)10-17)20(27)23-6-2-1-3-7-23;16-12-6-10-8-15(9-11(10)7-12)13(17)14-4-2-1-3-5-14;8-4-6-2-1-3-10(6)7(11)5-9;9-7-1-5-3-8-4-6(5)2-7;/h3*15-18,22H,1-10,12-14H2;10-11H,1-9H2;6H,1-3,5,9H2;5-6,8H,1-4H2;1H/t3*15-,16+,17?,18-;10-,11+;6-;5-,6+;/m000.0../s1. The Balaban J connectivity index is 0.000000136. The average Bonchev–Trinajstić information content (AvgIpc) is 1.65. The third kappa shape index (κ3) is 23.4. The van der Waals surface area contributed by atoms with Crippen LogP contribution in [0.3, 0.4) is 0 Å². The highest BCUT2D eigenvalue weighted by molar-refractivity contribution is 5.86. The van der Waals surface area contributed by atoms with Crippen LogP contribution in [0.1, 0.15) is 193 Å². The van der Waals surface area contributed by atoms with Crippen molar-refractivity contribution < 1.29 is 47.9 Å². The average molecular weight is 1670 g/mol. The number of ketones is 2. The zero-order valence-electron chi connectivity index (χ0n) is 70.6. The number of amides is 12. The molecule has 5 aliphatic carbocycles. The van der Waals surface area contributed by atoms with Crippen LogP contribution in [0, 0.1) is 105 Å². The number of nitrogens with two attached hydrogens (primary N) is 1. The van der Waals surface area contributed by atoms with Gasteiger partial charge in [0.2, 0.25) is 23.6 Å². The lowest BCUT2D eigenvalue weighted by Gasteiger charge is -2.31. The Morgan fingerprint density at radius 2 is 0.538 bits per heavy atom. The van der Waals surface area contributed by atoms with Gasteiger partial charge in [-0.2, -0.15) is 21.0 Å². The maximum absolute atomic E-state index is 12.7. The largest absolute Gasteiger partial charge is 0.326 e. The number of fused-ring (bicyclic) bond motifs is 5. The van der Waals surface area contributed by atoms with Crippen molar-refractivity contribution in [2.45, 2.75) is 235 Å². The topological polar surface area (TPSA) is 379 Å². The Bertz CT molecular complexity index is 3340. The Morgan fingerprint density at radius 3 is 0.773 bits per heavy atom. The quantitative estimate of drug-likeness (QED) is 0.173. The van der Waals surface area contributed by atoms with E-state index in [2.05, 4.69) is 60.2 Å². The van der Waals surface area contributed by atoms with Crippen LogP contribution in [0.25, 0.3) is 0 Å². The van der Waals surface area contributed by atoms with Gasteiger partial charge in [-0.25, -0.2) is 19.2 Å². The summed E-state index contributed by atoms with van der Waals surface area (Å²) in [7, 11) is 0. The Hall–Kier alpha value is -7.65. The molecular weight excluding hydrogens is 1530 g/mol. The van der Waals surface area contributed by atoms with Crippen molar-refractivity contribution in [1.29, 1.82) is 21.0 Å². The number of Topliss-reactive ketones (excluding diaryl/α,β-unsaturated/α-hetero) is 2. The molecule has 0 bridgehead atoms. The van der Waals surface area contributed by atoms with E-state index in [1.807, 2.05) is 24.5 Å². The molecule has 0 aromatic rings. The second-order valence-electron chi connectivity index (χ2n) is 37.4. The van der Waals surface area contributed by atoms with Crippen LogP contribution in [0.15, 0.2) is 0 Å². The van der Waals surface area contributed by atoms with Crippen molar-refractivity contribution in [3.8, 4) is 24.3 Å². The molecule has 13 heterocycles. The van der Waals surface area contributed by atoms with E-state index >= 15 is 0 Å². The molecule has 32 heteroatoms. The Morgan fingerprint density at radius 1 is 0.311 bits per heavy atom. The van der Waals surface area contributed by atoms with Crippen LogP contribution in [0.5, 0.6) is 0 Å². The zero-order chi connectivity index (χ0) is 82.8. The van der Waals surface area contributed by atoms with Gasteiger partial charge in [0.1, 0.15) is 35.7 Å². The van der Waals surface area contributed by atoms with Crippen molar-refractivity contribution in [2.24, 2.45) is 64.9 Å². The molecule has 13 aliphatic heterocycles. The van der Waals surface area contributed by atoms with Crippen molar-refractivity contribution in [1.82, 2.24) is 80.1 Å². The van der Waals surface area contributed by atoms with Crippen LogP contribution in [-0.4, -0.2) is 331 Å². The van der Waals surface area contributed by atoms with Crippen LogP contribution >= 0.6 is 12.4 Å². The van der Waals surface area contributed by atoms with Crippen LogP contribution in [-0.2, 0) is 28.8 Å². The van der Waals surface area contributed by atoms with Gasteiger partial charge in [0.15, 0.2) is 0 Å². The summed E-state index contributed by atoms with van der Waals surface area (Å²) in [5.74, 6) is 6.57. The summed E-state index contributed by atoms with van der Waals surface area (Å²) in [6.45, 7) is 20.2. The second kappa shape index (κ2) is 43.9. The van der Waals surface area contributed by atoms with Gasteiger partial charge in [-0.05, 0) is 239 Å². The minimum atomic E-state index is -0.239. The molecule has 0 aromatic carbocycles.